The number of benzene rings is 1. The molecule has 0 N–H and O–H groups in total. The molecule has 1 aromatic heterocycles. The van der Waals surface area contributed by atoms with Crippen LogP contribution in [0.15, 0.2) is 45.6 Å². The molecule has 0 radical (unpaired) electrons. The molecule has 1 unspecified atom stereocenters. The minimum absolute atomic E-state index is 0.242. The normalized spacial score (nSPS) is 18.0. The molecule has 0 aliphatic carbocycles. The number of carbonyl (C=O) groups is 1. The third kappa shape index (κ3) is 2.67. The Labute approximate surface area is 120 Å². The summed E-state index contributed by atoms with van der Waals surface area (Å²) < 4.78 is 15.8. The molecule has 2 heterocycles. The summed E-state index contributed by atoms with van der Waals surface area (Å²) in [4.78, 5) is 22.6. The highest BCUT2D eigenvalue weighted by atomic mass is 16.6. The second-order valence-electron chi connectivity index (χ2n) is 5.05. The van der Waals surface area contributed by atoms with E-state index in [-0.39, 0.29) is 18.7 Å². The molecule has 5 nitrogen and oxygen atoms in total. The monoisotopic (exact) mass is 286 g/mol. The quantitative estimate of drug-likeness (QED) is 0.492. The first kappa shape index (κ1) is 13.4. The van der Waals surface area contributed by atoms with E-state index < -0.39 is 5.63 Å². The topological polar surface area (TPSA) is 65.7 Å². The second-order valence-corrected chi connectivity index (χ2v) is 5.05. The second kappa shape index (κ2) is 5.09. The summed E-state index contributed by atoms with van der Waals surface area (Å²) in [5.74, 6) is 0.188. The van der Waals surface area contributed by atoms with Crippen molar-refractivity contribution < 1.29 is 18.7 Å². The number of cyclic esters (lactones) is 1. The number of aryl methyl sites for hydroxylation is 1. The van der Waals surface area contributed by atoms with E-state index in [2.05, 4.69) is 6.58 Å². The molecular weight excluding hydrogens is 272 g/mol. The average Bonchev–Trinajstić information content (AvgIpc) is 2.75. The zero-order valence-corrected chi connectivity index (χ0v) is 11.5. The summed E-state index contributed by atoms with van der Waals surface area (Å²) in [6, 6.07) is 6.74. The van der Waals surface area contributed by atoms with Crippen molar-refractivity contribution in [3.63, 3.8) is 0 Å². The van der Waals surface area contributed by atoms with E-state index in [0.717, 1.165) is 10.9 Å². The van der Waals surface area contributed by atoms with Gasteiger partial charge >= 0.3 is 11.6 Å². The lowest BCUT2D eigenvalue weighted by Crippen LogP contribution is -2.17. The lowest BCUT2D eigenvalue weighted by atomic mass is 10.1. The van der Waals surface area contributed by atoms with Crippen LogP contribution < -0.4 is 10.4 Å². The molecule has 21 heavy (non-hydrogen) atoms. The van der Waals surface area contributed by atoms with Crippen molar-refractivity contribution in [2.24, 2.45) is 0 Å². The van der Waals surface area contributed by atoms with Gasteiger partial charge in [0.15, 0.2) is 0 Å². The SMILES string of the molecule is C=C1CC(COc2ccc3c(C)cc(=O)oc3c2)OC1=O. The minimum Gasteiger partial charge on any atom is -0.490 e. The van der Waals surface area contributed by atoms with Crippen molar-refractivity contribution in [2.45, 2.75) is 19.4 Å². The molecule has 5 heteroatoms. The molecule has 0 saturated carbocycles. The van der Waals surface area contributed by atoms with Crippen LogP contribution in [0.4, 0.5) is 0 Å². The smallest absolute Gasteiger partial charge is 0.336 e. The fourth-order valence-corrected chi connectivity index (χ4v) is 2.31. The van der Waals surface area contributed by atoms with Crippen molar-refractivity contribution in [3.8, 4) is 5.75 Å². The number of ether oxygens (including phenoxy) is 2. The minimum atomic E-state index is -0.391. The van der Waals surface area contributed by atoms with Crippen LogP contribution >= 0.6 is 0 Å². The summed E-state index contributed by atoms with van der Waals surface area (Å²) in [6.07, 6.45) is 0.158. The van der Waals surface area contributed by atoms with Crippen LogP contribution in [0.2, 0.25) is 0 Å². The third-order valence-electron chi connectivity index (χ3n) is 3.40. The van der Waals surface area contributed by atoms with Gasteiger partial charge in [0.25, 0.3) is 0 Å². The number of esters is 1. The lowest BCUT2D eigenvalue weighted by molar-refractivity contribution is -0.139. The van der Waals surface area contributed by atoms with Gasteiger partial charge < -0.3 is 13.9 Å². The Kier molecular flexibility index (Phi) is 3.25. The first-order chi connectivity index (χ1) is 10.0. The van der Waals surface area contributed by atoms with Crippen LogP contribution in [0.5, 0.6) is 5.75 Å². The van der Waals surface area contributed by atoms with Gasteiger partial charge in [0.1, 0.15) is 24.0 Å². The Morgan fingerprint density at radius 1 is 1.33 bits per heavy atom. The Morgan fingerprint density at radius 3 is 2.86 bits per heavy atom. The van der Waals surface area contributed by atoms with Crippen LogP contribution in [0.25, 0.3) is 11.0 Å². The van der Waals surface area contributed by atoms with E-state index >= 15 is 0 Å². The van der Waals surface area contributed by atoms with Gasteiger partial charge in [0.05, 0.1) is 0 Å². The van der Waals surface area contributed by atoms with Crippen molar-refractivity contribution in [2.75, 3.05) is 6.61 Å². The third-order valence-corrected chi connectivity index (χ3v) is 3.40. The van der Waals surface area contributed by atoms with Crippen molar-refractivity contribution in [1.29, 1.82) is 0 Å². The van der Waals surface area contributed by atoms with Crippen LogP contribution in [-0.2, 0) is 9.53 Å². The maximum Gasteiger partial charge on any atom is 0.336 e. The van der Waals surface area contributed by atoms with Gasteiger partial charge in [0, 0.05) is 29.5 Å². The predicted octanol–water partition coefficient (Wildman–Crippen LogP) is 2.35. The average molecular weight is 286 g/mol. The van der Waals surface area contributed by atoms with E-state index in [1.807, 2.05) is 13.0 Å². The number of fused-ring (bicyclic) bond motifs is 1. The van der Waals surface area contributed by atoms with Gasteiger partial charge in [-0.2, -0.15) is 0 Å². The molecule has 0 amide bonds. The fourth-order valence-electron chi connectivity index (χ4n) is 2.31. The Morgan fingerprint density at radius 2 is 2.14 bits per heavy atom. The molecule has 1 atom stereocenters. The van der Waals surface area contributed by atoms with Gasteiger partial charge in [-0.15, -0.1) is 0 Å². The van der Waals surface area contributed by atoms with Crippen LogP contribution in [0.1, 0.15) is 12.0 Å². The van der Waals surface area contributed by atoms with Crippen molar-refractivity contribution in [3.05, 3.63) is 52.4 Å². The summed E-state index contributed by atoms with van der Waals surface area (Å²) >= 11 is 0. The Balaban J connectivity index is 1.77. The molecule has 3 rings (SSSR count). The molecule has 0 spiro atoms. The van der Waals surface area contributed by atoms with Gasteiger partial charge in [0.2, 0.25) is 0 Å². The Bertz CT molecular complexity index is 771. The van der Waals surface area contributed by atoms with Crippen LogP contribution in [0.3, 0.4) is 0 Å². The van der Waals surface area contributed by atoms with E-state index in [1.165, 1.54) is 6.07 Å². The molecule has 1 aromatic carbocycles. The molecule has 1 saturated heterocycles. The van der Waals surface area contributed by atoms with Crippen LogP contribution in [0, 0.1) is 6.92 Å². The summed E-state index contributed by atoms with van der Waals surface area (Å²) in [7, 11) is 0. The fraction of sp³-hybridized carbons (Fsp3) is 0.250. The van der Waals surface area contributed by atoms with Crippen molar-refractivity contribution in [1.82, 2.24) is 0 Å². The largest absolute Gasteiger partial charge is 0.490 e. The zero-order chi connectivity index (χ0) is 15.0. The van der Waals surface area contributed by atoms with E-state index in [0.29, 0.717) is 23.3 Å². The van der Waals surface area contributed by atoms with Gasteiger partial charge in [-0.1, -0.05) is 6.58 Å². The van der Waals surface area contributed by atoms with Gasteiger partial charge in [-0.25, -0.2) is 9.59 Å². The summed E-state index contributed by atoms with van der Waals surface area (Å²) in [5, 5.41) is 0.864. The van der Waals surface area contributed by atoms with E-state index in [9.17, 15) is 9.59 Å². The highest BCUT2D eigenvalue weighted by Crippen LogP contribution is 2.24. The Hall–Kier alpha value is -2.56. The molecule has 108 valence electrons. The number of hydrogen-bond donors (Lipinski definition) is 0. The van der Waals surface area contributed by atoms with Crippen molar-refractivity contribution >= 4 is 16.9 Å². The molecular formula is C16H14O5. The molecule has 1 aliphatic rings. The maximum absolute atomic E-state index is 11.4. The molecule has 2 aromatic rings. The molecule has 1 aliphatic heterocycles. The first-order valence-electron chi connectivity index (χ1n) is 6.59. The molecule has 1 fully saturated rings. The maximum atomic E-state index is 11.4. The number of hydrogen-bond acceptors (Lipinski definition) is 5. The van der Waals surface area contributed by atoms with E-state index in [4.69, 9.17) is 13.9 Å². The molecule has 0 bridgehead atoms. The summed E-state index contributed by atoms with van der Waals surface area (Å²) in [5.41, 5.74) is 1.40. The number of carbonyl (C=O) groups excluding carboxylic acids is 1. The van der Waals surface area contributed by atoms with Gasteiger partial charge in [-0.3, -0.25) is 0 Å². The highest BCUT2D eigenvalue weighted by Gasteiger charge is 2.27. The lowest BCUT2D eigenvalue weighted by Gasteiger charge is -2.11. The van der Waals surface area contributed by atoms with Gasteiger partial charge in [-0.05, 0) is 24.6 Å². The standard InChI is InChI=1S/C16H14O5/c1-9-6-15(17)21-14-7-11(3-4-13(9)14)19-8-12-5-10(2)16(18)20-12/h3-4,6-7,12H,2,5,8H2,1H3. The highest BCUT2D eigenvalue weighted by molar-refractivity contribution is 5.89. The van der Waals surface area contributed by atoms with Crippen LogP contribution in [-0.4, -0.2) is 18.7 Å². The number of rotatable bonds is 3. The first-order valence-corrected chi connectivity index (χ1v) is 6.59. The van der Waals surface area contributed by atoms with E-state index in [1.54, 1.807) is 12.1 Å². The predicted molar refractivity (Wildman–Crippen MR) is 76.4 cm³/mol. The summed E-state index contributed by atoms with van der Waals surface area (Å²) in [6.45, 7) is 5.71. The zero-order valence-electron chi connectivity index (χ0n) is 11.5.